The van der Waals surface area contributed by atoms with Gasteiger partial charge in [0.15, 0.2) is 0 Å². The number of ether oxygens (including phenoxy) is 1. The van der Waals surface area contributed by atoms with Crippen molar-refractivity contribution in [1.82, 2.24) is 0 Å². The van der Waals surface area contributed by atoms with Crippen molar-refractivity contribution >= 4 is 11.8 Å². The Balaban J connectivity index is 1.76. The number of aryl methyl sites for hydroxylation is 1. The van der Waals surface area contributed by atoms with Crippen molar-refractivity contribution < 1.29 is 9.84 Å². The molecule has 0 aliphatic heterocycles. The van der Waals surface area contributed by atoms with Crippen LogP contribution in [0.25, 0.3) is 0 Å². The third kappa shape index (κ3) is 4.00. The van der Waals surface area contributed by atoms with Crippen molar-refractivity contribution in [1.29, 1.82) is 0 Å². The van der Waals surface area contributed by atoms with Gasteiger partial charge in [0.05, 0.1) is 6.61 Å². The molecule has 2 rings (SSSR count). The first kappa shape index (κ1) is 12.8. The van der Waals surface area contributed by atoms with Crippen LogP contribution in [0.5, 0.6) is 11.5 Å². The first-order valence-corrected chi connectivity index (χ1v) is 6.84. The molecule has 0 bridgehead atoms. The smallest absolute Gasteiger partial charge is 0.119 e. The Morgan fingerprint density at radius 3 is 2.72 bits per heavy atom. The minimum Gasteiger partial charge on any atom is -0.508 e. The average molecular weight is 260 g/mol. The van der Waals surface area contributed by atoms with Crippen LogP contribution in [-0.4, -0.2) is 17.5 Å². The maximum absolute atomic E-state index is 9.33. The van der Waals surface area contributed by atoms with Crippen molar-refractivity contribution in [3.05, 3.63) is 54.1 Å². The van der Waals surface area contributed by atoms with E-state index in [-0.39, 0.29) is 0 Å². The third-order valence-electron chi connectivity index (χ3n) is 2.43. The van der Waals surface area contributed by atoms with Crippen LogP contribution in [0.2, 0.25) is 0 Å². The van der Waals surface area contributed by atoms with Gasteiger partial charge in [0.25, 0.3) is 0 Å². The van der Waals surface area contributed by atoms with E-state index in [1.165, 1.54) is 5.56 Å². The molecular weight excluding hydrogens is 244 g/mol. The lowest BCUT2D eigenvalue weighted by molar-refractivity contribution is 0.343. The number of aromatic hydroxyl groups is 1. The molecule has 0 spiro atoms. The van der Waals surface area contributed by atoms with Crippen molar-refractivity contribution in [2.45, 2.75) is 11.8 Å². The highest BCUT2D eigenvalue weighted by Crippen LogP contribution is 2.22. The molecule has 18 heavy (non-hydrogen) atoms. The van der Waals surface area contributed by atoms with Gasteiger partial charge in [-0.1, -0.05) is 18.2 Å². The molecule has 0 aliphatic rings. The Morgan fingerprint density at radius 1 is 1.11 bits per heavy atom. The van der Waals surface area contributed by atoms with Crippen LogP contribution in [0.1, 0.15) is 5.56 Å². The van der Waals surface area contributed by atoms with Crippen LogP contribution in [0, 0.1) is 6.92 Å². The molecule has 2 aromatic rings. The van der Waals surface area contributed by atoms with E-state index in [0.717, 1.165) is 16.4 Å². The van der Waals surface area contributed by atoms with Crippen molar-refractivity contribution in [3.8, 4) is 11.5 Å². The summed E-state index contributed by atoms with van der Waals surface area (Å²) in [5, 5.41) is 9.33. The van der Waals surface area contributed by atoms with Gasteiger partial charge in [-0.3, -0.25) is 0 Å². The van der Waals surface area contributed by atoms with Crippen LogP contribution in [0.15, 0.2) is 53.4 Å². The lowest BCUT2D eigenvalue weighted by Crippen LogP contribution is -1.99. The molecule has 0 atom stereocenters. The Labute approximate surface area is 112 Å². The highest BCUT2D eigenvalue weighted by Gasteiger charge is 1.97. The van der Waals surface area contributed by atoms with Gasteiger partial charge in [-0.15, -0.1) is 11.8 Å². The fraction of sp³-hybridized carbons (Fsp3) is 0.200. The van der Waals surface area contributed by atoms with E-state index in [1.54, 1.807) is 23.9 Å². The molecule has 0 saturated carbocycles. The topological polar surface area (TPSA) is 29.5 Å². The van der Waals surface area contributed by atoms with E-state index in [4.69, 9.17) is 4.74 Å². The van der Waals surface area contributed by atoms with E-state index in [1.807, 2.05) is 43.3 Å². The van der Waals surface area contributed by atoms with E-state index in [0.29, 0.717) is 12.4 Å². The fourth-order valence-electron chi connectivity index (χ4n) is 1.60. The second-order valence-corrected chi connectivity index (χ2v) is 5.18. The molecule has 0 heterocycles. The first-order chi connectivity index (χ1) is 8.74. The van der Waals surface area contributed by atoms with Crippen LogP contribution >= 0.6 is 11.8 Å². The summed E-state index contributed by atoms with van der Waals surface area (Å²) in [5.74, 6) is 2.07. The van der Waals surface area contributed by atoms with Gasteiger partial charge in [0, 0.05) is 10.6 Å². The number of benzene rings is 2. The average Bonchev–Trinajstić information content (AvgIpc) is 2.35. The number of thioether (sulfide) groups is 1. The number of phenolic OH excluding ortho intramolecular Hbond substituents is 1. The molecule has 0 aromatic heterocycles. The normalized spacial score (nSPS) is 10.3. The Hall–Kier alpha value is -1.61. The molecule has 0 fully saturated rings. The van der Waals surface area contributed by atoms with Gasteiger partial charge in [0.1, 0.15) is 11.5 Å². The standard InChI is InChI=1S/C15H16O2S/c1-12-4-2-6-14(10-12)17-8-9-18-15-7-3-5-13(16)11-15/h2-7,10-11,16H,8-9H2,1H3. The predicted molar refractivity (Wildman–Crippen MR) is 75.5 cm³/mol. The zero-order valence-electron chi connectivity index (χ0n) is 10.3. The molecule has 0 radical (unpaired) electrons. The molecular formula is C15H16O2S. The molecule has 94 valence electrons. The van der Waals surface area contributed by atoms with Crippen LogP contribution < -0.4 is 4.74 Å². The van der Waals surface area contributed by atoms with Gasteiger partial charge < -0.3 is 9.84 Å². The van der Waals surface area contributed by atoms with Crippen molar-refractivity contribution in [2.24, 2.45) is 0 Å². The third-order valence-corrected chi connectivity index (χ3v) is 3.39. The maximum atomic E-state index is 9.33. The Kier molecular flexibility index (Phi) is 4.53. The number of phenols is 1. The number of hydrogen-bond donors (Lipinski definition) is 1. The van der Waals surface area contributed by atoms with E-state index in [9.17, 15) is 5.11 Å². The summed E-state index contributed by atoms with van der Waals surface area (Å²) in [5.41, 5.74) is 1.20. The van der Waals surface area contributed by atoms with E-state index < -0.39 is 0 Å². The second kappa shape index (κ2) is 6.36. The summed E-state index contributed by atoms with van der Waals surface area (Å²) < 4.78 is 5.66. The number of rotatable bonds is 5. The Morgan fingerprint density at radius 2 is 1.94 bits per heavy atom. The van der Waals surface area contributed by atoms with Crippen LogP contribution in [-0.2, 0) is 0 Å². The first-order valence-electron chi connectivity index (χ1n) is 5.85. The van der Waals surface area contributed by atoms with Gasteiger partial charge in [0.2, 0.25) is 0 Å². The summed E-state index contributed by atoms with van der Waals surface area (Å²) in [7, 11) is 0. The Bertz CT molecular complexity index is 464. The zero-order valence-corrected chi connectivity index (χ0v) is 11.1. The van der Waals surface area contributed by atoms with Crippen LogP contribution in [0.4, 0.5) is 0 Å². The molecule has 0 saturated heterocycles. The van der Waals surface area contributed by atoms with Gasteiger partial charge >= 0.3 is 0 Å². The highest BCUT2D eigenvalue weighted by atomic mass is 32.2. The minimum atomic E-state index is 0.305. The summed E-state index contributed by atoms with van der Waals surface area (Å²) in [6.45, 7) is 2.71. The second-order valence-electron chi connectivity index (χ2n) is 4.01. The van der Waals surface area contributed by atoms with Crippen molar-refractivity contribution in [2.75, 3.05) is 12.4 Å². The van der Waals surface area contributed by atoms with E-state index in [2.05, 4.69) is 0 Å². The quantitative estimate of drug-likeness (QED) is 0.653. The van der Waals surface area contributed by atoms with E-state index >= 15 is 0 Å². The summed E-state index contributed by atoms with van der Waals surface area (Å²) in [4.78, 5) is 1.06. The fourth-order valence-corrected chi connectivity index (χ4v) is 2.38. The molecule has 0 unspecified atom stereocenters. The maximum Gasteiger partial charge on any atom is 0.119 e. The van der Waals surface area contributed by atoms with Crippen molar-refractivity contribution in [3.63, 3.8) is 0 Å². The molecule has 1 N–H and O–H groups in total. The molecule has 2 aromatic carbocycles. The van der Waals surface area contributed by atoms with Gasteiger partial charge in [-0.2, -0.15) is 0 Å². The van der Waals surface area contributed by atoms with Gasteiger partial charge in [-0.05, 0) is 42.8 Å². The molecule has 0 amide bonds. The highest BCUT2D eigenvalue weighted by molar-refractivity contribution is 7.99. The lowest BCUT2D eigenvalue weighted by Gasteiger charge is -2.06. The van der Waals surface area contributed by atoms with Gasteiger partial charge in [-0.25, -0.2) is 0 Å². The summed E-state index contributed by atoms with van der Waals surface area (Å²) in [6, 6.07) is 15.3. The largest absolute Gasteiger partial charge is 0.508 e. The summed E-state index contributed by atoms with van der Waals surface area (Å²) >= 11 is 1.67. The summed E-state index contributed by atoms with van der Waals surface area (Å²) in [6.07, 6.45) is 0. The molecule has 2 nitrogen and oxygen atoms in total. The van der Waals surface area contributed by atoms with Crippen LogP contribution in [0.3, 0.4) is 0 Å². The molecule has 0 aliphatic carbocycles. The number of hydrogen-bond acceptors (Lipinski definition) is 3. The SMILES string of the molecule is Cc1cccc(OCCSc2cccc(O)c2)c1. The zero-order chi connectivity index (χ0) is 12.8. The molecule has 3 heteroatoms. The minimum absolute atomic E-state index is 0.305. The predicted octanol–water partition coefficient (Wildman–Crippen LogP) is 3.87. The lowest BCUT2D eigenvalue weighted by atomic mass is 10.2. The monoisotopic (exact) mass is 260 g/mol.